The molecule has 1 amide bonds. The van der Waals surface area contributed by atoms with Gasteiger partial charge in [-0.15, -0.1) is 0 Å². The lowest BCUT2D eigenvalue weighted by molar-refractivity contribution is 0.102. The fourth-order valence-electron chi connectivity index (χ4n) is 3.49. The Bertz CT molecular complexity index is 1440. The number of carbonyl (C=O) groups excluding carboxylic acids is 1. The van der Waals surface area contributed by atoms with Gasteiger partial charge < -0.3 is 10.3 Å². The van der Waals surface area contributed by atoms with E-state index in [-0.39, 0.29) is 11.6 Å². The Morgan fingerprint density at radius 2 is 1.81 bits per heavy atom. The molecule has 3 aromatic heterocycles. The lowest BCUT2D eigenvalue weighted by atomic mass is 10.2. The minimum absolute atomic E-state index is 0.216. The predicted octanol–water partition coefficient (Wildman–Crippen LogP) is 3.46. The Morgan fingerprint density at radius 1 is 1.00 bits per heavy atom. The molecule has 0 bridgehead atoms. The van der Waals surface area contributed by atoms with Gasteiger partial charge in [0.15, 0.2) is 0 Å². The molecule has 8 heteroatoms. The number of anilines is 1. The Labute approximate surface area is 176 Å². The Kier molecular flexibility index (Phi) is 4.44. The first-order valence-corrected chi connectivity index (χ1v) is 9.67. The van der Waals surface area contributed by atoms with Gasteiger partial charge in [0.05, 0.1) is 28.6 Å². The number of imidazole rings is 2. The lowest BCUT2D eigenvalue weighted by Crippen LogP contribution is -2.16. The van der Waals surface area contributed by atoms with Crippen molar-refractivity contribution in [3.8, 4) is 11.5 Å². The minimum Gasteiger partial charge on any atom is -0.321 e. The van der Waals surface area contributed by atoms with Gasteiger partial charge in [-0.2, -0.15) is 0 Å². The lowest BCUT2D eigenvalue weighted by Gasteiger charge is -2.08. The highest BCUT2D eigenvalue weighted by atomic mass is 16.2. The number of aryl methyl sites for hydroxylation is 1. The van der Waals surface area contributed by atoms with E-state index in [0.717, 1.165) is 16.7 Å². The number of amides is 1. The van der Waals surface area contributed by atoms with E-state index in [4.69, 9.17) is 0 Å². The average Bonchev–Trinajstić information content (AvgIpc) is 3.37. The van der Waals surface area contributed by atoms with E-state index in [9.17, 15) is 9.59 Å². The molecule has 2 aromatic carbocycles. The molecule has 5 aromatic rings. The minimum atomic E-state index is -0.257. The Balaban J connectivity index is 1.33. The van der Waals surface area contributed by atoms with Crippen LogP contribution in [0.1, 0.15) is 16.1 Å². The zero-order valence-electron chi connectivity index (χ0n) is 16.6. The van der Waals surface area contributed by atoms with E-state index in [2.05, 4.69) is 20.3 Å². The number of benzene rings is 2. The average molecular weight is 410 g/mol. The van der Waals surface area contributed by atoms with Crippen molar-refractivity contribution in [1.82, 2.24) is 24.1 Å². The molecule has 0 fully saturated rings. The molecule has 0 aliphatic rings. The monoisotopic (exact) mass is 410 g/mol. The van der Waals surface area contributed by atoms with Crippen LogP contribution in [-0.4, -0.2) is 30.0 Å². The summed E-state index contributed by atoms with van der Waals surface area (Å²) >= 11 is 0. The van der Waals surface area contributed by atoms with Crippen LogP contribution in [0.2, 0.25) is 0 Å². The number of rotatable bonds is 4. The smallest absolute Gasteiger partial charge is 0.321 e. The molecule has 0 saturated heterocycles. The van der Waals surface area contributed by atoms with Crippen LogP contribution in [0.3, 0.4) is 0 Å². The van der Waals surface area contributed by atoms with Gasteiger partial charge in [-0.05, 0) is 55.5 Å². The van der Waals surface area contributed by atoms with Crippen molar-refractivity contribution in [2.24, 2.45) is 0 Å². The summed E-state index contributed by atoms with van der Waals surface area (Å²) in [5.74, 6) is 0.454. The number of nitrogens with zero attached hydrogens (tertiary/aromatic N) is 4. The molecule has 0 unspecified atom stereocenters. The predicted molar refractivity (Wildman–Crippen MR) is 118 cm³/mol. The van der Waals surface area contributed by atoms with Crippen LogP contribution in [0.25, 0.3) is 22.5 Å². The van der Waals surface area contributed by atoms with Crippen molar-refractivity contribution in [3.63, 3.8) is 0 Å². The molecule has 0 spiro atoms. The van der Waals surface area contributed by atoms with Crippen molar-refractivity contribution < 1.29 is 4.79 Å². The Hall–Kier alpha value is -4.46. The van der Waals surface area contributed by atoms with Gasteiger partial charge in [0.2, 0.25) is 0 Å². The zero-order valence-corrected chi connectivity index (χ0v) is 16.6. The van der Waals surface area contributed by atoms with Gasteiger partial charge in [0.25, 0.3) is 5.91 Å². The van der Waals surface area contributed by atoms with Crippen LogP contribution in [-0.2, 0) is 0 Å². The highest BCUT2D eigenvalue weighted by Crippen LogP contribution is 2.18. The molecule has 31 heavy (non-hydrogen) atoms. The first-order valence-electron chi connectivity index (χ1n) is 9.67. The molecular formula is C23H18N6O2. The fourth-order valence-corrected chi connectivity index (χ4v) is 3.49. The van der Waals surface area contributed by atoms with Crippen LogP contribution in [0.5, 0.6) is 0 Å². The molecule has 2 N–H and O–H groups in total. The van der Waals surface area contributed by atoms with Crippen molar-refractivity contribution in [2.45, 2.75) is 6.92 Å². The van der Waals surface area contributed by atoms with Gasteiger partial charge >= 0.3 is 5.69 Å². The van der Waals surface area contributed by atoms with E-state index in [1.165, 1.54) is 0 Å². The summed E-state index contributed by atoms with van der Waals surface area (Å²) in [6.07, 6.45) is 4.98. The summed E-state index contributed by atoms with van der Waals surface area (Å²) in [6.45, 7) is 1.84. The summed E-state index contributed by atoms with van der Waals surface area (Å²) in [7, 11) is 0. The molecule has 152 valence electrons. The number of para-hydroxylation sites is 2. The van der Waals surface area contributed by atoms with Crippen molar-refractivity contribution in [1.29, 1.82) is 0 Å². The van der Waals surface area contributed by atoms with Crippen LogP contribution in [0, 0.1) is 6.92 Å². The summed E-state index contributed by atoms with van der Waals surface area (Å²) < 4.78 is 3.44. The highest BCUT2D eigenvalue weighted by Gasteiger charge is 2.10. The van der Waals surface area contributed by atoms with E-state index in [1.54, 1.807) is 53.6 Å². The van der Waals surface area contributed by atoms with Crippen molar-refractivity contribution >= 4 is 22.6 Å². The van der Waals surface area contributed by atoms with Crippen molar-refractivity contribution in [3.05, 3.63) is 101 Å². The van der Waals surface area contributed by atoms with Crippen LogP contribution >= 0.6 is 0 Å². The van der Waals surface area contributed by atoms with Gasteiger partial charge in [-0.25, -0.2) is 14.8 Å². The Morgan fingerprint density at radius 3 is 2.52 bits per heavy atom. The number of nitrogens with one attached hydrogen (secondary N) is 2. The van der Waals surface area contributed by atoms with Gasteiger partial charge in [0.1, 0.15) is 12.1 Å². The number of carbonyl (C=O) groups is 1. The molecule has 3 heterocycles. The number of H-pyrrole nitrogens is 1. The molecular weight excluding hydrogens is 392 g/mol. The van der Waals surface area contributed by atoms with E-state index in [1.807, 2.05) is 41.8 Å². The zero-order chi connectivity index (χ0) is 21.4. The normalized spacial score (nSPS) is 11.0. The number of aromatic nitrogens is 5. The number of fused-ring (bicyclic) bond motifs is 1. The van der Waals surface area contributed by atoms with Crippen molar-refractivity contribution in [2.75, 3.05) is 5.32 Å². The first kappa shape index (κ1) is 18.6. The summed E-state index contributed by atoms with van der Waals surface area (Å²) in [6, 6.07) is 18.3. The molecule has 8 nitrogen and oxygen atoms in total. The molecule has 0 aliphatic heterocycles. The third kappa shape index (κ3) is 3.40. The molecule has 0 atom stereocenters. The summed E-state index contributed by atoms with van der Waals surface area (Å²) in [5.41, 5.74) is 4.19. The third-order valence-electron chi connectivity index (χ3n) is 5.05. The molecule has 5 rings (SSSR count). The first-order chi connectivity index (χ1) is 15.1. The number of hydrogen-bond acceptors (Lipinski definition) is 4. The third-order valence-corrected chi connectivity index (χ3v) is 5.05. The molecule has 0 aliphatic carbocycles. The SMILES string of the molecule is Cc1c[nH]c(=O)n1-c1ccc(C(=O)Nc2ccc(-n3cnc4ccccc43)nc2)cc1. The second kappa shape index (κ2) is 7.42. The highest BCUT2D eigenvalue weighted by molar-refractivity contribution is 6.04. The van der Waals surface area contributed by atoms with Gasteiger partial charge in [-0.1, -0.05) is 12.1 Å². The van der Waals surface area contributed by atoms with Gasteiger partial charge in [-0.3, -0.25) is 13.9 Å². The quantitative estimate of drug-likeness (QED) is 0.474. The van der Waals surface area contributed by atoms with E-state index in [0.29, 0.717) is 22.8 Å². The maximum atomic E-state index is 12.6. The maximum absolute atomic E-state index is 12.6. The largest absolute Gasteiger partial charge is 0.330 e. The summed E-state index contributed by atoms with van der Waals surface area (Å²) in [4.78, 5) is 36.0. The summed E-state index contributed by atoms with van der Waals surface area (Å²) in [5, 5.41) is 2.84. The standard InChI is InChI=1S/C23H18N6O2/c1-15-12-25-23(31)29(15)18-9-6-16(7-10-18)22(30)27-17-8-11-21(24-13-17)28-14-26-19-4-2-3-5-20(19)28/h2-14H,1H3,(H,25,31)(H,27,30). The maximum Gasteiger partial charge on any atom is 0.330 e. The molecule has 0 saturated carbocycles. The second-order valence-corrected chi connectivity index (χ2v) is 7.08. The number of hydrogen-bond donors (Lipinski definition) is 2. The van der Waals surface area contributed by atoms with Crippen LogP contribution < -0.4 is 11.0 Å². The topological polar surface area (TPSA) is 97.6 Å². The number of pyridine rings is 1. The van der Waals surface area contributed by atoms with Crippen LogP contribution in [0.15, 0.2) is 84.2 Å². The van der Waals surface area contributed by atoms with E-state index < -0.39 is 0 Å². The van der Waals surface area contributed by atoms with E-state index >= 15 is 0 Å². The van der Waals surface area contributed by atoms with Crippen LogP contribution in [0.4, 0.5) is 5.69 Å². The van der Waals surface area contributed by atoms with Gasteiger partial charge in [0, 0.05) is 17.5 Å². The molecule has 0 radical (unpaired) electrons. The second-order valence-electron chi connectivity index (χ2n) is 7.08. The fraction of sp³-hybridized carbons (Fsp3) is 0.0435. The number of aromatic amines is 1.